The van der Waals surface area contributed by atoms with Gasteiger partial charge in [-0.25, -0.2) is 4.39 Å². The highest BCUT2D eigenvalue weighted by atomic mass is 32.1. The second-order valence-corrected chi connectivity index (χ2v) is 5.52. The van der Waals surface area contributed by atoms with Gasteiger partial charge in [0.1, 0.15) is 12.7 Å². The summed E-state index contributed by atoms with van der Waals surface area (Å²) in [6, 6.07) is 10.4. The first-order chi connectivity index (χ1) is 9.66. The second kappa shape index (κ2) is 7.38. The summed E-state index contributed by atoms with van der Waals surface area (Å²) in [4.78, 5) is 1.22. The normalized spacial score (nSPS) is 13.9. The zero-order valence-electron chi connectivity index (χ0n) is 11.3. The van der Waals surface area contributed by atoms with Crippen molar-refractivity contribution in [3.05, 3.63) is 52.5 Å². The second-order valence-electron chi connectivity index (χ2n) is 4.54. The van der Waals surface area contributed by atoms with Gasteiger partial charge in [-0.15, -0.1) is 11.3 Å². The van der Waals surface area contributed by atoms with Crippen LogP contribution in [0.25, 0.3) is 0 Å². The number of ether oxygens (including phenoxy) is 1. The first kappa shape index (κ1) is 15.0. The van der Waals surface area contributed by atoms with Crippen LogP contribution in [0.15, 0.2) is 41.8 Å². The lowest BCUT2D eigenvalue weighted by atomic mass is 10.2. The van der Waals surface area contributed by atoms with E-state index in [1.165, 1.54) is 10.9 Å². The smallest absolute Gasteiger partial charge is 0.165 e. The van der Waals surface area contributed by atoms with Crippen LogP contribution in [0.4, 0.5) is 4.39 Å². The summed E-state index contributed by atoms with van der Waals surface area (Å²) in [7, 11) is 0. The maximum Gasteiger partial charge on any atom is 0.165 e. The molecule has 1 unspecified atom stereocenters. The molecule has 2 atom stereocenters. The number of aliphatic hydroxyl groups is 1. The molecule has 0 aliphatic heterocycles. The highest BCUT2D eigenvalue weighted by Crippen LogP contribution is 2.18. The Morgan fingerprint density at radius 2 is 2.10 bits per heavy atom. The third-order valence-electron chi connectivity index (χ3n) is 2.90. The molecule has 2 rings (SSSR count). The van der Waals surface area contributed by atoms with Gasteiger partial charge in [-0.3, -0.25) is 0 Å². The van der Waals surface area contributed by atoms with Crippen LogP contribution < -0.4 is 10.1 Å². The van der Waals surface area contributed by atoms with Gasteiger partial charge in [0.25, 0.3) is 0 Å². The van der Waals surface area contributed by atoms with E-state index >= 15 is 0 Å². The Hall–Kier alpha value is -1.43. The average molecular weight is 295 g/mol. The van der Waals surface area contributed by atoms with Crippen LogP contribution in [0.3, 0.4) is 0 Å². The number of rotatable bonds is 7. The Kier molecular flexibility index (Phi) is 5.52. The average Bonchev–Trinajstić information content (AvgIpc) is 2.98. The molecule has 2 N–H and O–H groups in total. The predicted molar refractivity (Wildman–Crippen MR) is 78.6 cm³/mol. The summed E-state index contributed by atoms with van der Waals surface area (Å²) in [5.74, 6) is -0.252. The number of hydrogen-bond acceptors (Lipinski definition) is 4. The molecule has 0 aliphatic carbocycles. The molecule has 0 amide bonds. The molecule has 5 heteroatoms. The van der Waals surface area contributed by atoms with Crippen molar-refractivity contribution < 1.29 is 14.2 Å². The van der Waals surface area contributed by atoms with Gasteiger partial charge in [-0.1, -0.05) is 18.2 Å². The van der Waals surface area contributed by atoms with Crippen molar-refractivity contribution in [3.8, 4) is 5.75 Å². The molecule has 108 valence electrons. The highest BCUT2D eigenvalue weighted by Gasteiger charge is 2.11. The van der Waals surface area contributed by atoms with Gasteiger partial charge < -0.3 is 15.2 Å². The lowest BCUT2D eigenvalue weighted by Crippen LogP contribution is -2.32. The zero-order valence-corrected chi connectivity index (χ0v) is 12.1. The van der Waals surface area contributed by atoms with Crippen LogP contribution in [0.5, 0.6) is 5.75 Å². The fraction of sp³-hybridized carbons (Fsp3) is 0.333. The molecule has 0 saturated heterocycles. The topological polar surface area (TPSA) is 41.5 Å². The van der Waals surface area contributed by atoms with Crippen molar-refractivity contribution in [1.82, 2.24) is 5.32 Å². The van der Waals surface area contributed by atoms with Crippen molar-refractivity contribution >= 4 is 11.3 Å². The van der Waals surface area contributed by atoms with E-state index in [1.807, 2.05) is 24.4 Å². The van der Waals surface area contributed by atoms with Gasteiger partial charge in [0.05, 0.1) is 0 Å². The van der Waals surface area contributed by atoms with Crippen LogP contribution in [0, 0.1) is 5.82 Å². The fourth-order valence-corrected chi connectivity index (χ4v) is 2.52. The van der Waals surface area contributed by atoms with Gasteiger partial charge >= 0.3 is 0 Å². The monoisotopic (exact) mass is 295 g/mol. The van der Waals surface area contributed by atoms with E-state index in [9.17, 15) is 9.50 Å². The lowest BCUT2D eigenvalue weighted by Gasteiger charge is -2.17. The van der Waals surface area contributed by atoms with Crippen molar-refractivity contribution in [1.29, 1.82) is 0 Å². The van der Waals surface area contributed by atoms with E-state index in [4.69, 9.17) is 4.74 Å². The largest absolute Gasteiger partial charge is 0.488 e. The van der Waals surface area contributed by atoms with Crippen LogP contribution in [-0.2, 0) is 0 Å². The van der Waals surface area contributed by atoms with Crippen LogP contribution in [0.1, 0.15) is 17.8 Å². The molecule has 1 heterocycles. The molecule has 2 aromatic rings. The first-order valence-corrected chi connectivity index (χ1v) is 7.37. The third-order valence-corrected chi connectivity index (χ3v) is 3.95. The Bertz CT molecular complexity index is 518. The quantitative estimate of drug-likeness (QED) is 0.825. The molecule has 0 fully saturated rings. The SMILES string of the molecule is C[C@@H](NCC(O)COc1ccccc1F)c1cccs1. The zero-order chi connectivity index (χ0) is 14.4. The third kappa shape index (κ3) is 4.30. The Balaban J connectivity index is 1.73. The Morgan fingerprint density at radius 3 is 2.80 bits per heavy atom. The van der Waals surface area contributed by atoms with Crippen molar-refractivity contribution in [3.63, 3.8) is 0 Å². The number of para-hydroxylation sites is 1. The maximum atomic E-state index is 13.3. The van der Waals surface area contributed by atoms with Gasteiger partial charge in [-0.2, -0.15) is 0 Å². The molecule has 1 aromatic carbocycles. The van der Waals surface area contributed by atoms with Gasteiger partial charge in [-0.05, 0) is 30.5 Å². The van der Waals surface area contributed by atoms with Crippen molar-refractivity contribution in [2.75, 3.05) is 13.2 Å². The summed E-state index contributed by atoms with van der Waals surface area (Å²) >= 11 is 1.67. The van der Waals surface area contributed by atoms with Crippen LogP contribution >= 0.6 is 11.3 Å². The van der Waals surface area contributed by atoms with Crippen LogP contribution in [-0.4, -0.2) is 24.4 Å². The van der Waals surface area contributed by atoms with E-state index in [-0.39, 0.29) is 18.4 Å². The first-order valence-electron chi connectivity index (χ1n) is 6.49. The molecule has 0 bridgehead atoms. The summed E-state index contributed by atoms with van der Waals surface area (Å²) in [6.07, 6.45) is -0.683. The van der Waals surface area contributed by atoms with Crippen LogP contribution in [0.2, 0.25) is 0 Å². The van der Waals surface area contributed by atoms with Gasteiger partial charge in [0.2, 0.25) is 0 Å². The minimum atomic E-state index is -0.683. The number of halogens is 1. The fourth-order valence-electron chi connectivity index (χ4n) is 1.76. The van der Waals surface area contributed by atoms with Gasteiger partial charge in [0, 0.05) is 17.5 Å². The standard InChI is InChI=1S/C15H18FNO2S/c1-11(15-7-4-8-20-15)17-9-12(18)10-19-14-6-3-2-5-13(14)16/h2-8,11-12,17-18H,9-10H2,1H3/t11-,12?/m1/s1. The molecular weight excluding hydrogens is 277 g/mol. The Morgan fingerprint density at radius 1 is 1.30 bits per heavy atom. The van der Waals surface area contributed by atoms with E-state index < -0.39 is 11.9 Å². The van der Waals surface area contributed by atoms with E-state index in [1.54, 1.807) is 29.5 Å². The summed E-state index contributed by atoms with van der Waals surface area (Å²) < 4.78 is 18.6. The Labute approximate surface area is 122 Å². The molecule has 0 aliphatic rings. The number of benzene rings is 1. The maximum absolute atomic E-state index is 13.3. The number of aliphatic hydroxyl groups excluding tert-OH is 1. The lowest BCUT2D eigenvalue weighted by molar-refractivity contribution is 0.102. The number of nitrogens with one attached hydrogen (secondary N) is 1. The summed E-state index contributed by atoms with van der Waals surface area (Å²) in [5.41, 5.74) is 0. The summed E-state index contributed by atoms with van der Waals surface area (Å²) in [5, 5.41) is 15.1. The van der Waals surface area contributed by atoms with Crippen molar-refractivity contribution in [2.24, 2.45) is 0 Å². The minimum Gasteiger partial charge on any atom is -0.488 e. The van der Waals surface area contributed by atoms with Gasteiger partial charge in [0.15, 0.2) is 11.6 Å². The van der Waals surface area contributed by atoms with E-state index in [2.05, 4.69) is 5.32 Å². The van der Waals surface area contributed by atoms with Crippen molar-refractivity contribution in [2.45, 2.75) is 19.1 Å². The minimum absolute atomic E-state index is 0.0606. The molecule has 3 nitrogen and oxygen atoms in total. The van der Waals surface area contributed by atoms with E-state index in [0.717, 1.165) is 0 Å². The molecule has 0 saturated carbocycles. The molecule has 20 heavy (non-hydrogen) atoms. The van der Waals surface area contributed by atoms with E-state index in [0.29, 0.717) is 6.54 Å². The molecule has 0 spiro atoms. The number of hydrogen-bond donors (Lipinski definition) is 2. The molecule has 1 aromatic heterocycles. The molecule has 0 radical (unpaired) electrons. The predicted octanol–water partition coefficient (Wildman–Crippen LogP) is 2.98. The highest BCUT2D eigenvalue weighted by molar-refractivity contribution is 7.10. The summed E-state index contributed by atoms with van der Waals surface area (Å²) in [6.45, 7) is 2.49. The number of thiophene rings is 1. The molecular formula is C15H18FNO2S.